The SMILES string of the molecule is CCCCOc1cc(C(N)=O)ccc1-n1ncc2c1CC(C)(C)CC2=NO. The second-order valence-corrected chi connectivity index (χ2v) is 7.73. The number of primary amides is 1. The zero-order chi connectivity index (χ0) is 19.6. The Balaban J connectivity index is 2.09. The summed E-state index contributed by atoms with van der Waals surface area (Å²) in [5.74, 6) is 0.0664. The standard InChI is InChI=1S/C20H26N4O3/c1-4-5-8-27-18-9-13(19(21)25)6-7-16(18)24-17-11-20(2,3)10-15(23-26)14(17)12-22-24/h6-7,9,12,26H,4-5,8,10-11H2,1-3H3,(H2,21,25). The van der Waals surface area contributed by atoms with Crippen LogP contribution in [0.2, 0.25) is 0 Å². The third kappa shape index (κ3) is 3.82. The van der Waals surface area contributed by atoms with E-state index in [0.29, 0.717) is 30.1 Å². The maximum atomic E-state index is 11.6. The number of unbranched alkanes of at least 4 members (excludes halogenated alkanes) is 1. The van der Waals surface area contributed by atoms with Gasteiger partial charge in [0.1, 0.15) is 11.4 Å². The molecule has 0 unspecified atom stereocenters. The number of aromatic nitrogens is 2. The first-order valence-corrected chi connectivity index (χ1v) is 9.21. The maximum absolute atomic E-state index is 11.6. The number of hydrogen-bond acceptors (Lipinski definition) is 5. The molecule has 144 valence electrons. The molecule has 3 N–H and O–H groups in total. The van der Waals surface area contributed by atoms with Crippen molar-refractivity contribution in [3.63, 3.8) is 0 Å². The average molecular weight is 370 g/mol. The van der Waals surface area contributed by atoms with Gasteiger partial charge in [-0.15, -0.1) is 0 Å². The van der Waals surface area contributed by atoms with Crippen LogP contribution < -0.4 is 10.5 Å². The van der Waals surface area contributed by atoms with Gasteiger partial charge in [0.15, 0.2) is 0 Å². The van der Waals surface area contributed by atoms with Crippen LogP contribution in [0.1, 0.15) is 61.6 Å². The van der Waals surface area contributed by atoms with Crippen LogP contribution in [-0.4, -0.2) is 33.2 Å². The van der Waals surface area contributed by atoms with Crippen molar-refractivity contribution in [1.29, 1.82) is 0 Å². The Morgan fingerprint density at radius 2 is 2.19 bits per heavy atom. The number of fused-ring (bicyclic) bond motifs is 1. The lowest BCUT2D eigenvalue weighted by molar-refractivity contribution is 0.1000. The molecular weight excluding hydrogens is 344 g/mol. The van der Waals surface area contributed by atoms with Crippen LogP contribution in [0.3, 0.4) is 0 Å². The zero-order valence-corrected chi connectivity index (χ0v) is 16.0. The van der Waals surface area contributed by atoms with Gasteiger partial charge in [-0.05, 0) is 42.9 Å². The molecule has 7 nitrogen and oxygen atoms in total. The topological polar surface area (TPSA) is 103 Å². The minimum Gasteiger partial charge on any atom is -0.491 e. The lowest BCUT2D eigenvalue weighted by atomic mass is 9.76. The van der Waals surface area contributed by atoms with Gasteiger partial charge in [-0.1, -0.05) is 32.3 Å². The highest BCUT2D eigenvalue weighted by Gasteiger charge is 2.33. The number of carbonyl (C=O) groups excluding carboxylic acids is 1. The van der Waals surface area contributed by atoms with E-state index in [2.05, 4.69) is 31.0 Å². The first-order chi connectivity index (χ1) is 12.9. The quantitative estimate of drug-likeness (QED) is 0.462. The minimum atomic E-state index is -0.500. The smallest absolute Gasteiger partial charge is 0.248 e. The summed E-state index contributed by atoms with van der Waals surface area (Å²) in [4.78, 5) is 11.6. The van der Waals surface area contributed by atoms with Crippen molar-refractivity contribution >= 4 is 11.6 Å². The van der Waals surface area contributed by atoms with Crippen molar-refractivity contribution in [1.82, 2.24) is 9.78 Å². The Kier molecular flexibility index (Phi) is 5.21. The summed E-state index contributed by atoms with van der Waals surface area (Å²) < 4.78 is 7.75. The third-order valence-corrected chi connectivity index (χ3v) is 4.82. The number of carbonyl (C=O) groups is 1. The predicted molar refractivity (Wildman–Crippen MR) is 103 cm³/mol. The number of hydrogen-bond donors (Lipinski definition) is 2. The second-order valence-electron chi connectivity index (χ2n) is 7.73. The number of oxime groups is 1. The molecule has 1 amide bonds. The molecule has 0 bridgehead atoms. The van der Waals surface area contributed by atoms with E-state index in [-0.39, 0.29) is 5.41 Å². The Hall–Kier alpha value is -2.83. The van der Waals surface area contributed by atoms with E-state index >= 15 is 0 Å². The van der Waals surface area contributed by atoms with Crippen LogP contribution in [0.15, 0.2) is 29.6 Å². The van der Waals surface area contributed by atoms with Gasteiger partial charge < -0.3 is 15.7 Å². The van der Waals surface area contributed by atoms with Gasteiger partial charge in [0.05, 0.1) is 24.2 Å². The fourth-order valence-corrected chi connectivity index (χ4v) is 3.43. The molecule has 1 aromatic heterocycles. The van der Waals surface area contributed by atoms with Crippen LogP contribution in [0.4, 0.5) is 0 Å². The molecule has 2 aromatic rings. The van der Waals surface area contributed by atoms with Crippen LogP contribution >= 0.6 is 0 Å². The summed E-state index contributed by atoms with van der Waals surface area (Å²) in [6.07, 6.45) is 5.10. The highest BCUT2D eigenvalue weighted by atomic mass is 16.5. The number of benzene rings is 1. The Morgan fingerprint density at radius 3 is 2.85 bits per heavy atom. The van der Waals surface area contributed by atoms with Crippen LogP contribution in [0, 0.1) is 5.41 Å². The number of amides is 1. The summed E-state index contributed by atoms with van der Waals surface area (Å²) in [5.41, 5.74) is 8.95. The summed E-state index contributed by atoms with van der Waals surface area (Å²) >= 11 is 0. The van der Waals surface area contributed by atoms with Gasteiger partial charge in [0.25, 0.3) is 0 Å². The molecular formula is C20H26N4O3. The molecule has 0 saturated heterocycles. The first kappa shape index (κ1) is 18.9. The molecule has 1 aliphatic carbocycles. The van der Waals surface area contributed by atoms with E-state index in [4.69, 9.17) is 10.5 Å². The van der Waals surface area contributed by atoms with E-state index in [1.807, 2.05) is 4.68 Å². The summed E-state index contributed by atoms with van der Waals surface area (Å²) in [5, 5.41) is 17.4. The minimum absolute atomic E-state index is 0.0528. The van der Waals surface area contributed by atoms with E-state index in [1.54, 1.807) is 24.4 Å². The highest BCUT2D eigenvalue weighted by Crippen LogP contribution is 2.37. The van der Waals surface area contributed by atoms with Crippen LogP contribution in [0.25, 0.3) is 5.69 Å². The summed E-state index contributed by atoms with van der Waals surface area (Å²) in [7, 11) is 0. The first-order valence-electron chi connectivity index (χ1n) is 9.21. The molecule has 7 heteroatoms. The lowest BCUT2D eigenvalue weighted by Crippen LogP contribution is -2.28. The van der Waals surface area contributed by atoms with Gasteiger partial charge in [-0.25, -0.2) is 4.68 Å². The Morgan fingerprint density at radius 1 is 1.41 bits per heavy atom. The van der Waals surface area contributed by atoms with Crippen molar-refractivity contribution in [3.8, 4) is 11.4 Å². The average Bonchev–Trinajstić information content (AvgIpc) is 3.03. The van der Waals surface area contributed by atoms with E-state index in [1.165, 1.54) is 0 Å². The number of nitrogens with two attached hydrogens (primary N) is 1. The van der Waals surface area contributed by atoms with Crippen molar-refractivity contribution in [2.24, 2.45) is 16.3 Å². The zero-order valence-electron chi connectivity index (χ0n) is 16.0. The molecule has 0 aliphatic heterocycles. The van der Waals surface area contributed by atoms with Crippen molar-refractivity contribution < 1.29 is 14.7 Å². The largest absolute Gasteiger partial charge is 0.491 e. The third-order valence-electron chi connectivity index (χ3n) is 4.82. The molecule has 3 rings (SSSR count). The number of rotatable bonds is 6. The van der Waals surface area contributed by atoms with E-state index in [0.717, 1.165) is 36.2 Å². The molecule has 0 saturated carbocycles. The van der Waals surface area contributed by atoms with Gasteiger partial charge in [-0.3, -0.25) is 4.79 Å². The normalized spacial score (nSPS) is 16.9. The van der Waals surface area contributed by atoms with Crippen molar-refractivity contribution in [2.45, 2.75) is 46.5 Å². The highest BCUT2D eigenvalue weighted by molar-refractivity contribution is 6.02. The summed E-state index contributed by atoms with van der Waals surface area (Å²) in [6.45, 7) is 6.90. The molecule has 27 heavy (non-hydrogen) atoms. The van der Waals surface area contributed by atoms with Gasteiger partial charge >= 0.3 is 0 Å². The van der Waals surface area contributed by atoms with Crippen LogP contribution in [0.5, 0.6) is 5.75 Å². The molecule has 0 radical (unpaired) electrons. The van der Waals surface area contributed by atoms with Gasteiger partial charge in [0.2, 0.25) is 5.91 Å². The van der Waals surface area contributed by atoms with Gasteiger partial charge in [-0.2, -0.15) is 5.10 Å². The number of ether oxygens (including phenoxy) is 1. The Labute approximate surface area is 158 Å². The van der Waals surface area contributed by atoms with Crippen LogP contribution in [-0.2, 0) is 6.42 Å². The van der Waals surface area contributed by atoms with E-state index < -0.39 is 5.91 Å². The number of nitrogens with zero attached hydrogens (tertiary/aromatic N) is 3. The van der Waals surface area contributed by atoms with Crippen molar-refractivity contribution in [3.05, 3.63) is 41.2 Å². The summed E-state index contributed by atoms with van der Waals surface area (Å²) in [6, 6.07) is 5.13. The van der Waals surface area contributed by atoms with Crippen molar-refractivity contribution in [2.75, 3.05) is 6.61 Å². The fourth-order valence-electron chi connectivity index (χ4n) is 3.43. The Bertz CT molecular complexity index is 883. The predicted octanol–water partition coefficient (Wildman–Crippen LogP) is 3.30. The maximum Gasteiger partial charge on any atom is 0.248 e. The second kappa shape index (κ2) is 7.42. The molecule has 1 aliphatic rings. The monoisotopic (exact) mass is 370 g/mol. The molecule has 0 atom stereocenters. The van der Waals surface area contributed by atoms with E-state index in [9.17, 15) is 10.0 Å². The molecule has 0 fully saturated rings. The fraction of sp³-hybridized carbons (Fsp3) is 0.450. The molecule has 1 heterocycles. The lowest BCUT2D eigenvalue weighted by Gasteiger charge is -2.30. The molecule has 1 aromatic carbocycles. The molecule has 0 spiro atoms. The van der Waals surface area contributed by atoms with Gasteiger partial charge in [0, 0.05) is 11.1 Å².